The Balaban J connectivity index is 1.27. The van der Waals surface area contributed by atoms with E-state index in [-0.39, 0.29) is 48.1 Å². The second kappa shape index (κ2) is 21.3. The summed E-state index contributed by atoms with van der Waals surface area (Å²) < 4.78 is 17.9. The minimum Gasteiger partial charge on any atom is -0.457 e. The Labute approximate surface area is 388 Å². The normalized spacial score (nSPS) is 28.0. The highest BCUT2D eigenvalue weighted by atomic mass is 35.5. The highest BCUT2D eigenvalue weighted by Crippen LogP contribution is 2.49. The number of ether oxygens (including phenoxy) is 3. The van der Waals surface area contributed by atoms with E-state index in [1.807, 2.05) is 71.9 Å². The number of aliphatic hydroxyl groups is 1. The number of epoxide rings is 1. The quantitative estimate of drug-likeness (QED) is 0.100. The first-order valence-electron chi connectivity index (χ1n) is 21.3. The molecule has 0 spiro atoms. The first-order valence-corrected chi connectivity index (χ1v) is 24.0. The molecule has 2 fully saturated rings. The fourth-order valence-electron chi connectivity index (χ4n) is 7.72. The van der Waals surface area contributed by atoms with E-state index in [0.717, 1.165) is 16.7 Å². The van der Waals surface area contributed by atoms with E-state index >= 15 is 0 Å². The van der Waals surface area contributed by atoms with Gasteiger partial charge in [-0.3, -0.25) is 19.7 Å². The number of hydrogen-bond donors (Lipinski definition) is 3. The van der Waals surface area contributed by atoms with Crippen LogP contribution in [0.1, 0.15) is 91.1 Å². The lowest BCUT2D eigenvalue weighted by atomic mass is 9.82. The summed E-state index contributed by atoms with van der Waals surface area (Å²) in [6.07, 6.45) is 4.47. The third-order valence-corrected chi connectivity index (χ3v) is 16.0. The van der Waals surface area contributed by atoms with Crippen LogP contribution in [0.15, 0.2) is 42.3 Å². The number of halogens is 1. The lowest BCUT2D eigenvalue weighted by Gasteiger charge is -2.41. The number of amides is 4. The highest BCUT2D eigenvalue weighted by Gasteiger charge is 2.64. The van der Waals surface area contributed by atoms with Gasteiger partial charge in [-0.15, -0.1) is 20.4 Å². The van der Waals surface area contributed by atoms with E-state index in [4.69, 9.17) is 25.8 Å². The summed E-state index contributed by atoms with van der Waals surface area (Å²) in [5, 5.41) is 32.4. The number of anilines is 1. The van der Waals surface area contributed by atoms with Crippen molar-refractivity contribution in [2.75, 3.05) is 31.3 Å². The van der Waals surface area contributed by atoms with Gasteiger partial charge in [0.1, 0.15) is 29.6 Å². The van der Waals surface area contributed by atoms with Crippen LogP contribution in [0.2, 0.25) is 5.02 Å². The molecular weight excluding hydrogens is 884 g/mol. The van der Waals surface area contributed by atoms with Gasteiger partial charge in [0.25, 0.3) is 0 Å². The standard InChI is InChI=1S/C44H61ClN8O9S2/c1-25-12-11-13-27(3)44(59)23-32(60-41(58)49-44)28(4)39-43(8,62-39)33(21-37(56)53(10)31-20-30(18-25)19-26(2)38(31)45)61-40(57)29(5)52(9)36(55)14-15-42(6,7)64-63-17-16-46-35(54)22-34-50-47-24-48-51-34/h11-13,19-20,24,27-29,32-33,39,59H,14-18,21-23H2,1-10H3,(H,46,54)(H,49,58)/b13-11+,25-12+/t27-,28-,29+,32+,33+,39+,43+,44+/m1/s1. The number of aryl methyl sites for hydroxylation is 1. The summed E-state index contributed by atoms with van der Waals surface area (Å²) in [7, 11) is 6.34. The van der Waals surface area contributed by atoms with Gasteiger partial charge in [-0.05, 0) is 71.6 Å². The summed E-state index contributed by atoms with van der Waals surface area (Å²) in [6.45, 7) is 15.3. The summed E-state index contributed by atoms with van der Waals surface area (Å²) in [5.74, 6) is -1.74. The molecule has 0 unspecified atom stereocenters. The van der Waals surface area contributed by atoms with Gasteiger partial charge in [0.2, 0.25) is 17.7 Å². The van der Waals surface area contributed by atoms with Crippen molar-refractivity contribution in [3.05, 3.63) is 64.2 Å². The predicted molar refractivity (Wildman–Crippen MR) is 245 cm³/mol. The van der Waals surface area contributed by atoms with E-state index < -0.39 is 65.5 Å². The Morgan fingerprint density at radius 3 is 2.59 bits per heavy atom. The molecule has 0 aliphatic carbocycles. The second-order valence-corrected chi connectivity index (χ2v) is 21.3. The predicted octanol–water partition coefficient (Wildman–Crippen LogP) is 5.31. The molecule has 5 rings (SSSR count). The molecule has 1 aromatic carbocycles. The van der Waals surface area contributed by atoms with Gasteiger partial charge in [-0.2, -0.15) is 0 Å². The highest BCUT2D eigenvalue weighted by molar-refractivity contribution is 8.77. The fourth-order valence-corrected chi connectivity index (χ4v) is 10.4. The molecule has 0 radical (unpaired) electrons. The monoisotopic (exact) mass is 944 g/mol. The molecule has 2 aromatic rings. The molecule has 3 aliphatic heterocycles. The topological polar surface area (TPSA) is 219 Å². The van der Waals surface area contributed by atoms with E-state index in [1.165, 1.54) is 16.1 Å². The number of aromatic nitrogens is 4. The minimum atomic E-state index is -1.62. The van der Waals surface area contributed by atoms with Crippen molar-refractivity contribution >= 4 is 68.7 Å². The number of carbonyl (C=O) groups is 5. The van der Waals surface area contributed by atoms with Crippen molar-refractivity contribution in [1.82, 2.24) is 35.9 Å². The first-order chi connectivity index (χ1) is 30.0. The maximum absolute atomic E-state index is 14.3. The van der Waals surface area contributed by atoms with Crippen LogP contribution in [0.3, 0.4) is 0 Å². The van der Waals surface area contributed by atoms with Crippen molar-refractivity contribution in [2.45, 2.75) is 134 Å². The number of hydrogen-bond acceptors (Lipinski definition) is 15. The molecule has 2 saturated heterocycles. The Kier molecular flexibility index (Phi) is 16.9. The van der Waals surface area contributed by atoms with Crippen molar-refractivity contribution in [3.63, 3.8) is 0 Å². The lowest BCUT2D eigenvalue weighted by molar-refractivity contribution is -0.162. The van der Waals surface area contributed by atoms with Crippen LogP contribution in [0.4, 0.5) is 10.5 Å². The summed E-state index contributed by atoms with van der Waals surface area (Å²) in [4.78, 5) is 69.7. The molecule has 4 heterocycles. The van der Waals surface area contributed by atoms with Crippen molar-refractivity contribution in [2.24, 2.45) is 11.8 Å². The molecular formula is C44H61ClN8O9S2. The number of esters is 1. The largest absolute Gasteiger partial charge is 0.457 e. The molecule has 17 nitrogen and oxygen atoms in total. The van der Waals surface area contributed by atoms with Crippen molar-refractivity contribution in [1.29, 1.82) is 0 Å². The molecule has 0 saturated carbocycles. The minimum absolute atomic E-state index is 0.0163. The number of alkyl carbamates (subject to hydrolysis) is 1. The Bertz CT molecular complexity index is 2120. The molecule has 20 heteroatoms. The number of nitrogens with zero attached hydrogens (tertiary/aromatic N) is 6. The van der Waals surface area contributed by atoms with Crippen LogP contribution in [0.25, 0.3) is 0 Å². The maximum atomic E-state index is 14.3. The molecule has 350 valence electrons. The number of nitrogens with one attached hydrogen (secondary N) is 2. The third kappa shape index (κ3) is 12.9. The molecule has 8 atom stereocenters. The smallest absolute Gasteiger partial charge is 0.409 e. The Hall–Kier alpha value is -4.30. The van der Waals surface area contributed by atoms with Crippen LogP contribution >= 0.6 is 33.2 Å². The molecule has 1 aromatic heterocycles. The molecule has 3 N–H and O–H groups in total. The molecule has 4 bridgehead atoms. The van der Waals surface area contributed by atoms with Crippen molar-refractivity contribution < 1.29 is 43.3 Å². The summed E-state index contributed by atoms with van der Waals surface area (Å²) >= 11 is 6.82. The molecule has 4 amide bonds. The van der Waals surface area contributed by atoms with Gasteiger partial charge >= 0.3 is 12.1 Å². The average Bonchev–Trinajstić information content (AvgIpc) is 3.94. The second-order valence-electron chi connectivity index (χ2n) is 17.8. The number of benzene rings is 1. The SMILES string of the molecule is C/C1=C\C=C\[C@@H](C)[C@@]2(O)C[C@H](OC(=O)N2)[C@@H](C)[C@@H]2O[C@@]2(C)[C@@H](OC(=O)[C@H](C)N(C)C(=O)CCC(C)(C)SSCCNC(=O)Cc2nncnn2)CC(=O)N(C)c2cc(cc(C)c2Cl)C1. The number of rotatable bonds is 13. The summed E-state index contributed by atoms with van der Waals surface area (Å²) in [6, 6.07) is 2.82. The lowest BCUT2D eigenvalue weighted by Crippen LogP contribution is -2.60. The van der Waals surface area contributed by atoms with E-state index in [0.29, 0.717) is 35.8 Å². The first kappa shape index (κ1) is 50.7. The van der Waals surface area contributed by atoms with Gasteiger partial charge < -0.3 is 34.4 Å². The van der Waals surface area contributed by atoms with E-state index in [9.17, 15) is 29.1 Å². The van der Waals surface area contributed by atoms with Gasteiger partial charge in [-0.25, -0.2) is 9.59 Å². The molecule has 3 aliphatic rings. The van der Waals surface area contributed by atoms with Crippen LogP contribution < -0.4 is 15.5 Å². The van der Waals surface area contributed by atoms with Crippen LogP contribution in [-0.4, -0.2) is 127 Å². The maximum Gasteiger partial charge on any atom is 0.409 e. The molecule has 64 heavy (non-hydrogen) atoms. The number of fused-ring (bicyclic) bond motifs is 5. The van der Waals surface area contributed by atoms with Gasteiger partial charge in [0.05, 0.1) is 29.7 Å². The van der Waals surface area contributed by atoms with E-state index in [2.05, 4.69) is 31.0 Å². The van der Waals surface area contributed by atoms with E-state index in [1.54, 1.807) is 49.5 Å². The number of likely N-dealkylation sites (N-methyl/N-ethyl adjacent to an activating group) is 1. The third-order valence-electron chi connectivity index (χ3n) is 12.2. The Morgan fingerprint density at radius 1 is 1.19 bits per heavy atom. The summed E-state index contributed by atoms with van der Waals surface area (Å²) in [5.41, 5.74) is 0.391. The number of allylic oxidation sites excluding steroid dienone is 3. The zero-order valence-electron chi connectivity index (χ0n) is 38.2. The van der Waals surface area contributed by atoms with Gasteiger partial charge in [-0.1, -0.05) is 76.9 Å². The zero-order valence-corrected chi connectivity index (χ0v) is 40.6. The zero-order chi connectivity index (χ0) is 47.1. The fraction of sp³-hybridized carbons (Fsp3) is 0.614. The van der Waals surface area contributed by atoms with Crippen molar-refractivity contribution in [3.8, 4) is 0 Å². The van der Waals surface area contributed by atoms with Crippen LogP contribution in [-0.2, 0) is 46.2 Å². The Morgan fingerprint density at radius 2 is 1.89 bits per heavy atom. The number of carbonyl (C=O) groups excluding carboxylic acids is 5. The van der Waals surface area contributed by atoms with Crippen LogP contribution in [0, 0.1) is 18.8 Å². The van der Waals surface area contributed by atoms with Gasteiger partial charge in [0, 0.05) is 55.8 Å². The average molecular weight is 946 g/mol. The van der Waals surface area contributed by atoms with Gasteiger partial charge in [0.15, 0.2) is 12.2 Å². The van der Waals surface area contributed by atoms with Crippen LogP contribution in [0.5, 0.6) is 0 Å².